The molecule has 0 saturated carbocycles. The minimum absolute atomic E-state index is 0.0287. The van der Waals surface area contributed by atoms with Crippen LogP contribution in [0.25, 0.3) is 0 Å². The number of amides is 1. The van der Waals surface area contributed by atoms with Crippen LogP contribution in [0.3, 0.4) is 0 Å². The van der Waals surface area contributed by atoms with Crippen molar-refractivity contribution in [3.8, 4) is 0 Å². The fourth-order valence-electron chi connectivity index (χ4n) is 2.34. The summed E-state index contributed by atoms with van der Waals surface area (Å²) in [5.74, 6) is -1.23. The molecule has 0 radical (unpaired) electrons. The summed E-state index contributed by atoms with van der Waals surface area (Å²) in [5.41, 5.74) is 0.416. The molecule has 2 aromatic carbocycles. The highest BCUT2D eigenvalue weighted by Gasteiger charge is 2.40. The Morgan fingerprint density at radius 2 is 1.75 bits per heavy atom. The maximum Gasteiger partial charge on any atom is 0.338 e. The molecular weight excluding hydrogens is 354 g/mol. The van der Waals surface area contributed by atoms with Crippen LogP contribution in [-0.2, 0) is 14.8 Å². The van der Waals surface area contributed by atoms with Crippen LogP contribution in [0.1, 0.15) is 20.7 Å². The first-order chi connectivity index (χ1) is 11.4. The van der Waals surface area contributed by atoms with Crippen molar-refractivity contribution in [2.24, 2.45) is 0 Å². The van der Waals surface area contributed by atoms with Gasteiger partial charge in [0.2, 0.25) is 0 Å². The topological polar surface area (TPSA) is 80.8 Å². The lowest BCUT2D eigenvalue weighted by Crippen LogP contribution is -2.33. The van der Waals surface area contributed by atoms with Crippen molar-refractivity contribution in [3.63, 3.8) is 0 Å². The highest BCUT2D eigenvalue weighted by Crippen LogP contribution is 2.29. The standard InChI is InChI=1S/C16H12ClNO5S/c17-12-7-5-11(6-8-12)16(20)23-10-9-18-15(19)13-3-1-2-4-14(13)24(18,21)22/h1-8H,9-10H2. The number of ether oxygens (including phenoxy) is 1. The normalized spacial score (nSPS) is 15.2. The second-order valence-corrected chi connectivity index (χ2v) is 7.29. The number of hydrogen-bond donors (Lipinski definition) is 0. The summed E-state index contributed by atoms with van der Waals surface area (Å²) in [4.78, 5) is 24.0. The van der Waals surface area contributed by atoms with Crippen LogP contribution in [0.4, 0.5) is 0 Å². The fourth-order valence-corrected chi connectivity index (χ4v) is 4.02. The summed E-state index contributed by atoms with van der Waals surface area (Å²) >= 11 is 5.74. The number of carbonyl (C=O) groups excluding carboxylic acids is 2. The number of hydrogen-bond acceptors (Lipinski definition) is 5. The molecule has 24 heavy (non-hydrogen) atoms. The van der Waals surface area contributed by atoms with E-state index in [0.29, 0.717) is 14.9 Å². The summed E-state index contributed by atoms with van der Waals surface area (Å²) in [7, 11) is -3.89. The maximum absolute atomic E-state index is 12.3. The smallest absolute Gasteiger partial charge is 0.338 e. The Hall–Kier alpha value is -2.38. The minimum atomic E-state index is -3.89. The van der Waals surface area contributed by atoms with Crippen molar-refractivity contribution < 1.29 is 22.7 Å². The van der Waals surface area contributed by atoms with Gasteiger partial charge in [-0.25, -0.2) is 17.5 Å². The lowest BCUT2D eigenvalue weighted by Gasteiger charge is -2.15. The molecule has 0 unspecified atom stereocenters. The minimum Gasteiger partial charge on any atom is -0.460 e. The summed E-state index contributed by atoms with van der Waals surface area (Å²) in [6.07, 6.45) is 0. The maximum atomic E-state index is 12.3. The van der Waals surface area contributed by atoms with Crippen LogP contribution in [-0.4, -0.2) is 37.8 Å². The summed E-state index contributed by atoms with van der Waals surface area (Å²) < 4.78 is 30.4. The number of carbonyl (C=O) groups is 2. The van der Waals surface area contributed by atoms with Crippen LogP contribution in [0.15, 0.2) is 53.4 Å². The highest BCUT2D eigenvalue weighted by atomic mass is 35.5. The average Bonchev–Trinajstić information content (AvgIpc) is 2.76. The Kier molecular flexibility index (Phi) is 4.29. The third-order valence-electron chi connectivity index (χ3n) is 3.52. The molecule has 0 spiro atoms. The molecule has 0 bridgehead atoms. The molecule has 1 aliphatic heterocycles. The zero-order valence-electron chi connectivity index (χ0n) is 12.3. The van der Waals surface area contributed by atoms with Crippen LogP contribution in [0, 0.1) is 0 Å². The molecule has 2 aromatic rings. The average molecular weight is 366 g/mol. The third kappa shape index (κ3) is 2.88. The second-order valence-electron chi connectivity index (χ2n) is 5.02. The largest absolute Gasteiger partial charge is 0.460 e. The Labute approximate surface area is 143 Å². The molecule has 124 valence electrons. The monoisotopic (exact) mass is 365 g/mol. The van der Waals surface area contributed by atoms with E-state index in [1.54, 1.807) is 24.3 Å². The van der Waals surface area contributed by atoms with E-state index in [-0.39, 0.29) is 23.6 Å². The molecule has 0 atom stereocenters. The van der Waals surface area contributed by atoms with Gasteiger partial charge >= 0.3 is 5.97 Å². The van der Waals surface area contributed by atoms with E-state index in [9.17, 15) is 18.0 Å². The lowest BCUT2D eigenvalue weighted by molar-refractivity contribution is 0.0478. The second kappa shape index (κ2) is 6.26. The van der Waals surface area contributed by atoms with E-state index in [1.165, 1.54) is 24.3 Å². The van der Waals surface area contributed by atoms with Crippen molar-refractivity contribution in [1.82, 2.24) is 4.31 Å². The van der Waals surface area contributed by atoms with Gasteiger partial charge in [0.05, 0.1) is 17.7 Å². The molecule has 1 amide bonds. The molecule has 0 aliphatic carbocycles. The van der Waals surface area contributed by atoms with Gasteiger partial charge in [-0.05, 0) is 36.4 Å². The van der Waals surface area contributed by atoms with Gasteiger partial charge < -0.3 is 4.74 Å². The predicted octanol–water partition coefficient (Wildman–Crippen LogP) is 2.34. The predicted molar refractivity (Wildman–Crippen MR) is 86.4 cm³/mol. The zero-order valence-corrected chi connectivity index (χ0v) is 13.9. The van der Waals surface area contributed by atoms with Gasteiger partial charge in [-0.3, -0.25) is 4.79 Å². The summed E-state index contributed by atoms with van der Waals surface area (Å²) in [5, 5.41) is 0.484. The molecule has 0 N–H and O–H groups in total. The molecule has 0 aromatic heterocycles. The lowest BCUT2D eigenvalue weighted by atomic mass is 10.2. The quantitative estimate of drug-likeness (QED) is 0.777. The number of nitrogens with zero attached hydrogens (tertiary/aromatic N) is 1. The molecule has 1 heterocycles. The van der Waals surface area contributed by atoms with Crippen LogP contribution in [0.5, 0.6) is 0 Å². The molecule has 6 nitrogen and oxygen atoms in total. The molecule has 8 heteroatoms. The Morgan fingerprint density at radius 1 is 1.08 bits per heavy atom. The summed E-state index contributed by atoms with van der Waals surface area (Å²) in [6.45, 7) is -0.477. The number of benzene rings is 2. The molecule has 1 aliphatic rings. The van der Waals surface area contributed by atoms with Crippen molar-refractivity contribution in [3.05, 3.63) is 64.7 Å². The Morgan fingerprint density at radius 3 is 2.42 bits per heavy atom. The van der Waals surface area contributed by atoms with E-state index in [1.807, 2.05) is 0 Å². The summed E-state index contributed by atoms with van der Waals surface area (Å²) in [6, 6.07) is 12.1. The zero-order chi connectivity index (χ0) is 17.3. The Bertz CT molecular complexity index is 908. The van der Waals surface area contributed by atoms with E-state index in [0.717, 1.165) is 0 Å². The van der Waals surface area contributed by atoms with Crippen LogP contribution >= 0.6 is 11.6 Å². The molecule has 0 saturated heterocycles. The van der Waals surface area contributed by atoms with Gasteiger partial charge in [-0.2, -0.15) is 0 Å². The van der Waals surface area contributed by atoms with Gasteiger partial charge in [0, 0.05) is 5.02 Å². The third-order valence-corrected chi connectivity index (χ3v) is 5.61. The first-order valence-electron chi connectivity index (χ1n) is 7.00. The number of sulfonamides is 1. The van der Waals surface area contributed by atoms with E-state index >= 15 is 0 Å². The van der Waals surface area contributed by atoms with E-state index < -0.39 is 21.9 Å². The first kappa shape index (κ1) is 16.5. The number of rotatable bonds is 4. The van der Waals surface area contributed by atoms with Crippen molar-refractivity contribution >= 4 is 33.5 Å². The number of fused-ring (bicyclic) bond motifs is 1. The van der Waals surface area contributed by atoms with E-state index in [2.05, 4.69) is 0 Å². The fraction of sp³-hybridized carbons (Fsp3) is 0.125. The van der Waals surface area contributed by atoms with Crippen molar-refractivity contribution in [2.75, 3.05) is 13.2 Å². The first-order valence-corrected chi connectivity index (χ1v) is 8.82. The van der Waals surface area contributed by atoms with Gasteiger partial charge in [0.1, 0.15) is 11.5 Å². The van der Waals surface area contributed by atoms with Crippen molar-refractivity contribution in [2.45, 2.75) is 4.90 Å². The van der Waals surface area contributed by atoms with Gasteiger partial charge in [0.15, 0.2) is 0 Å². The molecule has 3 rings (SSSR count). The van der Waals surface area contributed by atoms with Gasteiger partial charge in [0.25, 0.3) is 15.9 Å². The number of halogens is 1. The molecular formula is C16H12ClNO5S. The van der Waals surface area contributed by atoms with Gasteiger partial charge in [-0.1, -0.05) is 23.7 Å². The van der Waals surface area contributed by atoms with E-state index in [4.69, 9.17) is 16.3 Å². The SMILES string of the molecule is O=C(OCCN1C(=O)c2ccccc2S1(=O)=O)c1ccc(Cl)cc1. The Balaban J connectivity index is 1.67. The van der Waals surface area contributed by atoms with Crippen molar-refractivity contribution in [1.29, 1.82) is 0 Å². The number of esters is 1. The van der Waals surface area contributed by atoms with Crippen LogP contribution in [0.2, 0.25) is 5.02 Å². The van der Waals surface area contributed by atoms with Gasteiger partial charge in [-0.15, -0.1) is 0 Å². The van der Waals surface area contributed by atoms with Crippen LogP contribution < -0.4 is 0 Å². The highest BCUT2D eigenvalue weighted by molar-refractivity contribution is 7.90. The molecule has 0 fully saturated rings.